The molecule has 2 N–H and O–H groups in total. The van der Waals surface area contributed by atoms with E-state index in [1.165, 1.54) is 6.33 Å². The Morgan fingerprint density at radius 1 is 1.36 bits per heavy atom. The lowest BCUT2D eigenvalue weighted by Crippen LogP contribution is -2.09. The summed E-state index contributed by atoms with van der Waals surface area (Å²) in [6, 6.07) is 7.66. The van der Waals surface area contributed by atoms with Crippen molar-refractivity contribution in [1.82, 2.24) is 20.2 Å². The van der Waals surface area contributed by atoms with E-state index in [4.69, 9.17) is 5.21 Å². The van der Waals surface area contributed by atoms with Crippen LogP contribution >= 0.6 is 0 Å². The maximum absolute atomic E-state index is 8.65. The second-order valence-electron chi connectivity index (χ2n) is 2.80. The molecule has 1 aromatic heterocycles. The van der Waals surface area contributed by atoms with Crippen LogP contribution in [0.2, 0.25) is 0 Å². The highest BCUT2D eigenvalue weighted by Crippen LogP contribution is 2.11. The molecule has 2 rings (SSSR count). The Hall–Kier alpha value is -1.72. The average Bonchev–Trinajstić information content (AvgIpc) is 2.72. The minimum atomic E-state index is 0.385. The molecule has 0 aliphatic carbocycles. The molecule has 0 fully saturated rings. The van der Waals surface area contributed by atoms with Gasteiger partial charge >= 0.3 is 0 Å². The van der Waals surface area contributed by atoms with Gasteiger partial charge in [-0.1, -0.05) is 18.2 Å². The van der Waals surface area contributed by atoms with Crippen molar-refractivity contribution in [3.05, 3.63) is 42.5 Å². The number of nitrogens with one attached hydrogen (secondary N) is 1. The van der Waals surface area contributed by atoms with Crippen molar-refractivity contribution in [2.75, 3.05) is 0 Å². The minimum Gasteiger partial charge on any atom is -0.316 e. The van der Waals surface area contributed by atoms with Crippen LogP contribution in [0.1, 0.15) is 5.56 Å². The molecular weight excluding hydrogens is 180 g/mol. The van der Waals surface area contributed by atoms with Crippen molar-refractivity contribution in [3.8, 4) is 5.69 Å². The molecule has 0 unspecified atom stereocenters. The molecule has 0 aliphatic heterocycles. The molecule has 5 heteroatoms. The number of nitrogens with zero attached hydrogens (tertiary/aromatic N) is 3. The highest BCUT2D eigenvalue weighted by molar-refractivity contribution is 5.39. The summed E-state index contributed by atoms with van der Waals surface area (Å²) >= 11 is 0. The fourth-order valence-electron chi connectivity index (χ4n) is 1.30. The Kier molecular flexibility index (Phi) is 2.53. The number of rotatable bonds is 3. The minimum absolute atomic E-state index is 0.385. The Labute approximate surface area is 81.0 Å². The van der Waals surface area contributed by atoms with Crippen LogP contribution in [-0.4, -0.2) is 20.0 Å². The molecular formula is C9H10N4O. The van der Waals surface area contributed by atoms with Gasteiger partial charge in [0.1, 0.15) is 12.7 Å². The van der Waals surface area contributed by atoms with Gasteiger partial charge in [-0.3, -0.25) is 0 Å². The smallest absolute Gasteiger partial charge is 0.138 e. The Morgan fingerprint density at radius 3 is 2.93 bits per heavy atom. The van der Waals surface area contributed by atoms with Crippen LogP contribution in [0.4, 0.5) is 0 Å². The van der Waals surface area contributed by atoms with Crippen molar-refractivity contribution in [3.63, 3.8) is 0 Å². The van der Waals surface area contributed by atoms with E-state index < -0.39 is 0 Å². The zero-order chi connectivity index (χ0) is 9.80. The first-order valence-electron chi connectivity index (χ1n) is 4.21. The summed E-state index contributed by atoms with van der Waals surface area (Å²) in [6.07, 6.45) is 3.10. The molecule has 0 spiro atoms. The van der Waals surface area contributed by atoms with Gasteiger partial charge in [-0.2, -0.15) is 5.10 Å². The Morgan fingerprint density at radius 2 is 2.21 bits per heavy atom. The third-order valence-corrected chi connectivity index (χ3v) is 1.93. The maximum Gasteiger partial charge on any atom is 0.138 e. The molecule has 0 bridgehead atoms. The molecule has 0 amide bonds. The van der Waals surface area contributed by atoms with Gasteiger partial charge in [0.2, 0.25) is 0 Å². The van der Waals surface area contributed by atoms with Gasteiger partial charge in [-0.25, -0.2) is 15.1 Å². The first-order valence-corrected chi connectivity index (χ1v) is 4.21. The van der Waals surface area contributed by atoms with E-state index in [1.807, 2.05) is 24.3 Å². The summed E-state index contributed by atoms with van der Waals surface area (Å²) in [5.74, 6) is 0. The van der Waals surface area contributed by atoms with Gasteiger partial charge in [0.15, 0.2) is 0 Å². The fraction of sp³-hybridized carbons (Fsp3) is 0.111. The van der Waals surface area contributed by atoms with Crippen molar-refractivity contribution < 1.29 is 5.21 Å². The Balaban J connectivity index is 2.42. The topological polar surface area (TPSA) is 63.0 Å². The standard InChI is InChI=1S/C9H10N4O/c14-12-5-8-3-1-2-4-9(8)13-7-10-6-11-13/h1-4,6-7,12,14H,5H2. The number of benzene rings is 1. The van der Waals surface area contributed by atoms with E-state index in [0.29, 0.717) is 6.54 Å². The quantitative estimate of drug-likeness (QED) is 0.701. The molecule has 0 saturated heterocycles. The first kappa shape index (κ1) is 8.86. The van der Waals surface area contributed by atoms with Crippen molar-refractivity contribution in [2.24, 2.45) is 0 Å². The van der Waals surface area contributed by atoms with Crippen molar-refractivity contribution >= 4 is 0 Å². The lowest BCUT2D eigenvalue weighted by Gasteiger charge is -2.06. The highest BCUT2D eigenvalue weighted by Gasteiger charge is 2.02. The van der Waals surface area contributed by atoms with Crippen LogP contribution in [0.15, 0.2) is 36.9 Å². The largest absolute Gasteiger partial charge is 0.316 e. The van der Waals surface area contributed by atoms with E-state index in [2.05, 4.69) is 15.6 Å². The predicted octanol–water partition coefficient (Wildman–Crippen LogP) is 0.746. The van der Waals surface area contributed by atoms with Crippen LogP contribution in [0.5, 0.6) is 0 Å². The summed E-state index contributed by atoms with van der Waals surface area (Å²) in [5.41, 5.74) is 3.99. The van der Waals surface area contributed by atoms with Crippen LogP contribution in [0.25, 0.3) is 5.69 Å². The van der Waals surface area contributed by atoms with Gasteiger partial charge in [0, 0.05) is 6.54 Å². The summed E-state index contributed by atoms with van der Waals surface area (Å²) in [6.45, 7) is 0.385. The second kappa shape index (κ2) is 3.99. The zero-order valence-electron chi connectivity index (χ0n) is 7.46. The molecule has 0 aliphatic rings. The summed E-state index contributed by atoms with van der Waals surface area (Å²) < 4.78 is 1.66. The molecule has 0 radical (unpaired) electrons. The second-order valence-corrected chi connectivity index (χ2v) is 2.80. The average molecular weight is 190 g/mol. The van der Waals surface area contributed by atoms with E-state index in [-0.39, 0.29) is 0 Å². The van der Waals surface area contributed by atoms with Crippen LogP contribution in [0.3, 0.4) is 0 Å². The lowest BCUT2D eigenvalue weighted by atomic mass is 10.2. The predicted molar refractivity (Wildman–Crippen MR) is 50.0 cm³/mol. The number of hydroxylamine groups is 1. The molecule has 72 valence electrons. The number of aromatic nitrogens is 3. The van der Waals surface area contributed by atoms with Gasteiger partial charge in [0.25, 0.3) is 0 Å². The third-order valence-electron chi connectivity index (χ3n) is 1.93. The van der Waals surface area contributed by atoms with Crippen LogP contribution in [0, 0.1) is 0 Å². The lowest BCUT2D eigenvalue weighted by molar-refractivity contribution is 0.161. The van der Waals surface area contributed by atoms with E-state index in [0.717, 1.165) is 11.3 Å². The van der Waals surface area contributed by atoms with Crippen LogP contribution < -0.4 is 5.48 Å². The van der Waals surface area contributed by atoms with Crippen molar-refractivity contribution in [1.29, 1.82) is 0 Å². The molecule has 1 heterocycles. The third kappa shape index (κ3) is 1.63. The first-order chi connectivity index (χ1) is 6.92. The summed E-state index contributed by atoms with van der Waals surface area (Å²) in [4.78, 5) is 3.87. The van der Waals surface area contributed by atoms with E-state index in [1.54, 1.807) is 11.0 Å². The molecule has 2 aromatic rings. The van der Waals surface area contributed by atoms with E-state index in [9.17, 15) is 0 Å². The molecule has 5 nitrogen and oxygen atoms in total. The Bertz CT molecular complexity index is 399. The number of hydrogen-bond acceptors (Lipinski definition) is 4. The summed E-state index contributed by atoms with van der Waals surface area (Å²) in [5, 5.41) is 12.7. The monoisotopic (exact) mass is 190 g/mol. The SMILES string of the molecule is ONCc1ccccc1-n1cncn1. The normalized spacial score (nSPS) is 10.4. The van der Waals surface area contributed by atoms with Crippen molar-refractivity contribution in [2.45, 2.75) is 6.54 Å². The fourth-order valence-corrected chi connectivity index (χ4v) is 1.30. The number of para-hydroxylation sites is 1. The maximum atomic E-state index is 8.65. The number of hydrogen-bond donors (Lipinski definition) is 2. The zero-order valence-corrected chi connectivity index (χ0v) is 7.46. The van der Waals surface area contributed by atoms with Gasteiger partial charge < -0.3 is 5.21 Å². The molecule has 14 heavy (non-hydrogen) atoms. The van der Waals surface area contributed by atoms with Gasteiger partial charge in [-0.05, 0) is 11.6 Å². The van der Waals surface area contributed by atoms with Gasteiger partial charge in [-0.15, -0.1) is 0 Å². The highest BCUT2D eigenvalue weighted by atomic mass is 16.5. The van der Waals surface area contributed by atoms with Gasteiger partial charge in [0.05, 0.1) is 5.69 Å². The molecule has 0 saturated carbocycles. The molecule has 1 aromatic carbocycles. The van der Waals surface area contributed by atoms with E-state index >= 15 is 0 Å². The van der Waals surface area contributed by atoms with Crippen LogP contribution in [-0.2, 0) is 6.54 Å². The summed E-state index contributed by atoms with van der Waals surface area (Å²) in [7, 11) is 0. The molecule has 0 atom stereocenters.